The molecule has 0 saturated carbocycles. The lowest BCUT2D eigenvalue weighted by molar-refractivity contribution is -0.687. The summed E-state index contributed by atoms with van der Waals surface area (Å²) in [5, 5.41) is 2.97. The van der Waals surface area contributed by atoms with Gasteiger partial charge in [0.15, 0.2) is 6.54 Å². The Balaban J connectivity index is 0.00000341. The van der Waals surface area contributed by atoms with E-state index < -0.39 is 11.9 Å². The number of thiophene rings is 1. The topological polar surface area (TPSA) is 90.5 Å². The quantitative estimate of drug-likeness (QED) is 0.373. The maximum Gasteiger partial charge on any atom is 0.348 e. The van der Waals surface area contributed by atoms with Crippen LogP contribution in [0.2, 0.25) is 0 Å². The van der Waals surface area contributed by atoms with Gasteiger partial charge in [0.1, 0.15) is 28.8 Å². The Labute approximate surface area is 189 Å². The van der Waals surface area contributed by atoms with E-state index in [9.17, 15) is 14.4 Å². The number of hydrogen-bond acceptors (Lipinski definition) is 6. The van der Waals surface area contributed by atoms with Gasteiger partial charge in [-0.15, -0.1) is 11.3 Å². The van der Waals surface area contributed by atoms with Gasteiger partial charge in [0.2, 0.25) is 6.33 Å². The fourth-order valence-electron chi connectivity index (χ4n) is 2.99. The molecule has 0 atom stereocenters. The minimum Gasteiger partial charge on any atom is -1.00 e. The maximum absolute atomic E-state index is 12.6. The van der Waals surface area contributed by atoms with Crippen LogP contribution in [0.4, 0.5) is 5.00 Å². The van der Waals surface area contributed by atoms with Gasteiger partial charge in [0.05, 0.1) is 19.8 Å². The lowest BCUT2D eigenvalue weighted by Crippen LogP contribution is -3.00. The highest BCUT2D eigenvalue weighted by Crippen LogP contribution is 2.34. The molecule has 1 aromatic carbocycles. The summed E-state index contributed by atoms with van der Waals surface area (Å²) in [5.41, 5.74) is 1.72. The average molecular weight is 464 g/mol. The molecule has 0 spiro atoms. The molecule has 2 heterocycles. The summed E-state index contributed by atoms with van der Waals surface area (Å²) < 4.78 is 13.3. The van der Waals surface area contributed by atoms with E-state index in [4.69, 9.17) is 9.47 Å². The van der Waals surface area contributed by atoms with Crippen LogP contribution in [-0.4, -0.2) is 36.6 Å². The van der Waals surface area contributed by atoms with Crippen molar-refractivity contribution in [2.45, 2.75) is 20.0 Å². The fourth-order valence-corrected chi connectivity index (χ4v) is 4.12. The Morgan fingerprint density at radius 3 is 2.42 bits per heavy atom. The molecule has 3 aromatic rings. The number of benzene rings is 1. The van der Waals surface area contributed by atoms with Crippen LogP contribution in [-0.2, 0) is 27.4 Å². The van der Waals surface area contributed by atoms with Crippen molar-refractivity contribution in [3.8, 4) is 0 Å². The van der Waals surface area contributed by atoms with E-state index in [1.165, 1.54) is 14.2 Å². The van der Waals surface area contributed by atoms with Crippen molar-refractivity contribution in [2.75, 3.05) is 19.5 Å². The smallest absolute Gasteiger partial charge is 0.348 e. The molecule has 1 amide bonds. The van der Waals surface area contributed by atoms with Crippen LogP contribution >= 0.6 is 11.3 Å². The summed E-state index contributed by atoms with van der Waals surface area (Å²) >= 11 is 0.987. The SMILES string of the molecule is COC(=O)c1sc(NC(=O)Cn2cc[n+](Cc3ccccc3)c2)c(C(=O)OC)c1C.[Cl-]. The lowest BCUT2D eigenvalue weighted by Gasteiger charge is -2.05. The number of nitrogens with one attached hydrogen (secondary N) is 1. The molecule has 0 saturated heterocycles. The molecule has 1 N–H and O–H groups in total. The number of aromatic nitrogens is 2. The Hall–Kier alpha value is -3.17. The van der Waals surface area contributed by atoms with Crippen molar-refractivity contribution in [1.82, 2.24) is 4.57 Å². The van der Waals surface area contributed by atoms with Crippen LogP contribution in [0.5, 0.6) is 0 Å². The van der Waals surface area contributed by atoms with Crippen LogP contribution in [0.3, 0.4) is 0 Å². The molecular formula is C21H22ClN3O5S. The van der Waals surface area contributed by atoms with Crippen molar-refractivity contribution >= 4 is 34.2 Å². The Morgan fingerprint density at radius 2 is 1.77 bits per heavy atom. The van der Waals surface area contributed by atoms with E-state index in [1.807, 2.05) is 47.4 Å². The molecule has 0 unspecified atom stereocenters. The Kier molecular flexibility index (Phi) is 8.35. The lowest BCUT2D eigenvalue weighted by atomic mass is 10.1. The molecule has 0 aliphatic heterocycles. The average Bonchev–Trinajstić information content (AvgIpc) is 3.31. The third-order valence-electron chi connectivity index (χ3n) is 4.44. The van der Waals surface area contributed by atoms with Gasteiger partial charge in [-0.1, -0.05) is 30.3 Å². The number of nitrogens with zero attached hydrogens (tertiary/aromatic N) is 2. The van der Waals surface area contributed by atoms with Crippen molar-refractivity contribution < 1.29 is 40.8 Å². The predicted molar refractivity (Wildman–Crippen MR) is 111 cm³/mol. The molecular weight excluding hydrogens is 442 g/mol. The van der Waals surface area contributed by atoms with E-state index in [2.05, 4.69) is 5.32 Å². The zero-order valence-corrected chi connectivity index (χ0v) is 18.8. The molecule has 0 bridgehead atoms. The van der Waals surface area contributed by atoms with E-state index >= 15 is 0 Å². The predicted octanol–water partition coefficient (Wildman–Crippen LogP) is -0.590. The fraction of sp³-hybridized carbons (Fsp3) is 0.238. The maximum atomic E-state index is 12.6. The van der Waals surface area contributed by atoms with Crippen molar-refractivity contribution in [3.05, 3.63) is 70.6 Å². The molecule has 10 heteroatoms. The number of hydrogen-bond donors (Lipinski definition) is 1. The molecule has 164 valence electrons. The van der Waals surface area contributed by atoms with Crippen LogP contribution in [0.1, 0.15) is 31.2 Å². The van der Waals surface area contributed by atoms with Gasteiger partial charge in [-0.2, -0.15) is 0 Å². The van der Waals surface area contributed by atoms with Crippen molar-refractivity contribution in [2.24, 2.45) is 0 Å². The minimum atomic E-state index is -0.629. The highest BCUT2D eigenvalue weighted by Gasteiger charge is 2.27. The number of carbonyl (C=O) groups excluding carboxylic acids is 3. The first-order valence-electron chi connectivity index (χ1n) is 9.11. The summed E-state index contributed by atoms with van der Waals surface area (Å²) in [4.78, 5) is 36.9. The van der Waals surface area contributed by atoms with E-state index in [1.54, 1.807) is 17.7 Å². The third kappa shape index (κ3) is 5.71. The van der Waals surface area contributed by atoms with Crippen molar-refractivity contribution in [1.29, 1.82) is 0 Å². The number of methoxy groups -OCH3 is 2. The number of rotatable bonds is 7. The molecule has 0 aliphatic rings. The number of esters is 2. The molecule has 0 fully saturated rings. The van der Waals surface area contributed by atoms with Gasteiger partial charge in [-0.05, 0) is 18.1 Å². The van der Waals surface area contributed by atoms with E-state index in [-0.39, 0.29) is 40.3 Å². The zero-order valence-electron chi connectivity index (χ0n) is 17.3. The third-order valence-corrected chi connectivity index (χ3v) is 5.63. The van der Waals surface area contributed by atoms with E-state index in [0.29, 0.717) is 12.1 Å². The number of amides is 1. The Bertz CT molecular complexity index is 1080. The highest BCUT2D eigenvalue weighted by molar-refractivity contribution is 7.18. The normalized spacial score (nSPS) is 10.2. The number of imidazole rings is 1. The zero-order chi connectivity index (χ0) is 21.7. The Morgan fingerprint density at radius 1 is 1.10 bits per heavy atom. The molecule has 2 aromatic heterocycles. The van der Waals surface area contributed by atoms with Gasteiger partial charge in [0.25, 0.3) is 5.91 Å². The van der Waals surface area contributed by atoms with Crippen molar-refractivity contribution in [3.63, 3.8) is 0 Å². The van der Waals surface area contributed by atoms with Gasteiger partial charge in [-0.3, -0.25) is 4.79 Å². The second-order valence-electron chi connectivity index (χ2n) is 6.54. The summed E-state index contributed by atoms with van der Waals surface area (Å²) in [5.74, 6) is -1.54. The molecule has 0 radical (unpaired) electrons. The van der Waals surface area contributed by atoms with Crippen LogP contribution in [0.15, 0.2) is 49.1 Å². The number of ether oxygens (including phenoxy) is 2. The van der Waals surface area contributed by atoms with Gasteiger partial charge < -0.3 is 27.2 Å². The van der Waals surface area contributed by atoms with Gasteiger partial charge in [0, 0.05) is 0 Å². The largest absolute Gasteiger partial charge is 1.00 e. The number of anilines is 1. The van der Waals surface area contributed by atoms with Crippen LogP contribution in [0, 0.1) is 6.92 Å². The van der Waals surface area contributed by atoms with Crippen LogP contribution < -0.4 is 22.3 Å². The monoisotopic (exact) mass is 463 g/mol. The van der Waals surface area contributed by atoms with Crippen LogP contribution in [0.25, 0.3) is 0 Å². The molecule has 0 aliphatic carbocycles. The first kappa shape index (κ1) is 24.1. The number of halogens is 1. The molecule has 8 nitrogen and oxygen atoms in total. The standard InChI is InChI=1S/C21H21N3O5S.ClH/c1-14-17(20(26)28-2)19(30-18(14)21(27)29-3)22-16(25)12-24-10-9-23(13-24)11-15-7-5-4-6-8-15;/h4-10,13H,11-12H2,1-3H3;1H. The van der Waals surface area contributed by atoms with Gasteiger partial charge in [-0.25, -0.2) is 18.7 Å². The highest BCUT2D eigenvalue weighted by atomic mass is 35.5. The summed E-state index contributed by atoms with van der Waals surface area (Å²) in [6.45, 7) is 2.35. The molecule has 31 heavy (non-hydrogen) atoms. The second-order valence-corrected chi connectivity index (χ2v) is 7.56. The second kappa shape index (κ2) is 10.7. The summed E-state index contributed by atoms with van der Waals surface area (Å²) in [7, 11) is 2.50. The summed E-state index contributed by atoms with van der Waals surface area (Å²) in [6.07, 6.45) is 5.50. The minimum absolute atomic E-state index is 0. The van der Waals surface area contributed by atoms with Gasteiger partial charge >= 0.3 is 11.9 Å². The first-order chi connectivity index (χ1) is 14.4. The number of carbonyl (C=O) groups is 3. The molecule has 3 rings (SSSR count). The van der Waals surface area contributed by atoms with E-state index in [0.717, 1.165) is 16.9 Å². The summed E-state index contributed by atoms with van der Waals surface area (Å²) in [6, 6.07) is 9.98. The first-order valence-corrected chi connectivity index (χ1v) is 9.93.